The largest absolute Gasteiger partial charge is 0.467 e. The fourth-order valence-corrected chi connectivity index (χ4v) is 2.68. The zero-order valence-corrected chi connectivity index (χ0v) is 14.6. The number of carbonyl (C=O) groups is 1. The van der Waals surface area contributed by atoms with Gasteiger partial charge in [-0.2, -0.15) is 4.68 Å². The topological polar surface area (TPSA) is 91.9 Å². The highest BCUT2D eigenvalue weighted by molar-refractivity contribution is 9.10. The van der Waals surface area contributed by atoms with Crippen LogP contribution in [0.2, 0.25) is 0 Å². The second-order valence-electron chi connectivity index (χ2n) is 5.05. The van der Waals surface area contributed by atoms with Gasteiger partial charge in [-0.3, -0.25) is 9.36 Å². The van der Waals surface area contributed by atoms with Crippen LogP contribution < -0.4 is 5.56 Å². The fourth-order valence-electron chi connectivity index (χ4n) is 2.41. The van der Waals surface area contributed by atoms with Gasteiger partial charge in [0.15, 0.2) is 11.2 Å². The number of aromatic nitrogens is 5. The Bertz CT molecular complexity index is 948. The molecule has 0 bridgehead atoms. The zero-order chi connectivity index (χ0) is 17.3. The molecule has 0 saturated carbocycles. The maximum absolute atomic E-state index is 12.6. The standard InChI is InChI=1S/C15H14BrN5O3/c1-3-11(15(23)24-2)20-8-17-13-12(14(20)22)18-19-21(13)10-6-4-9(16)5-7-10/h4-8,11H,3H2,1-2H3/t11-/m1/s1. The average molecular weight is 392 g/mol. The molecule has 0 amide bonds. The second-order valence-corrected chi connectivity index (χ2v) is 5.97. The Hall–Kier alpha value is -2.55. The Balaban J connectivity index is 2.13. The van der Waals surface area contributed by atoms with Crippen molar-refractivity contribution in [3.8, 4) is 5.69 Å². The van der Waals surface area contributed by atoms with Gasteiger partial charge in [-0.1, -0.05) is 28.1 Å². The van der Waals surface area contributed by atoms with E-state index in [-0.39, 0.29) is 5.52 Å². The van der Waals surface area contributed by atoms with Crippen molar-refractivity contribution in [3.05, 3.63) is 45.4 Å². The van der Waals surface area contributed by atoms with Gasteiger partial charge in [0.2, 0.25) is 0 Å². The third-order valence-electron chi connectivity index (χ3n) is 3.66. The summed E-state index contributed by atoms with van der Waals surface area (Å²) < 4.78 is 8.37. The highest BCUT2D eigenvalue weighted by Crippen LogP contribution is 2.17. The van der Waals surface area contributed by atoms with Crippen molar-refractivity contribution in [2.45, 2.75) is 19.4 Å². The van der Waals surface area contributed by atoms with E-state index in [4.69, 9.17) is 4.74 Å². The van der Waals surface area contributed by atoms with E-state index < -0.39 is 17.6 Å². The molecule has 0 N–H and O–H groups in total. The maximum Gasteiger partial charge on any atom is 0.329 e. The molecule has 1 atom stereocenters. The predicted molar refractivity (Wildman–Crippen MR) is 90.0 cm³/mol. The van der Waals surface area contributed by atoms with E-state index in [1.807, 2.05) is 24.3 Å². The summed E-state index contributed by atoms with van der Waals surface area (Å²) in [5.41, 5.74) is 0.729. The number of benzene rings is 1. The summed E-state index contributed by atoms with van der Waals surface area (Å²) in [6, 6.07) is 6.63. The maximum atomic E-state index is 12.6. The van der Waals surface area contributed by atoms with E-state index in [1.165, 1.54) is 22.7 Å². The number of nitrogens with zero attached hydrogens (tertiary/aromatic N) is 5. The van der Waals surface area contributed by atoms with Crippen molar-refractivity contribution in [2.24, 2.45) is 0 Å². The monoisotopic (exact) mass is 391 g/mol. The lowest BCUT2D eigenvalue weighted by molar-refractivity contribution is -0.144. The lowest BCUT2D eigenvalue weighted by atomic mass is 10.2. The molecule has 0 aliphatic carbocycles. The van der Waals surface area contributed by atoms with Crippen molar-refractivity contribution in [3.63, 3.8) is 0 Å². The zero-order valence-electron chi connectivity index (χ0n) is 13.0. The molecule has 1 aromatic carbocycles. The van der Waals surface area contributed by atoms with E-state index in [1.54, 1.807) is 6.92 Å². The molecule has 3 rings (SSSR count). The van der Waals surface area contributed by atoms with Crippen LogP contribution in [-0.2, 0) is 9.53 Å². The first-order chi connectivity index (χ1) is 11.6. The molecule has 2 aromatic heterocycles. The van der Waals surface area contributed by atoms with Crippen LogP contribution in [0, 0.1) is 0 Å². The molecule has 2 heterocycles. The van der Waals surface area contributed by atoms with Crippen LogP contribution in [0.25, 0.3) is 16.9 Å². The van der Waals surface area contributed by atoms with E-state index in [9.17, 15) is 9.59 Å². The number of carbonyl (C=O) groups excluding carboxylic acids is 1. The molecule has 0 saturated heterocycles. The molecule has 9 heteroatoms. The van der Waals surface area contributed by atoms with Gasteiger partial charge in [-0.15, -0.1) is 5.10 Å². The summed E-state index contributed by atoms with van der Waals surface area (Å²) >= 11 is 3.37. The third kappa shape index (κ3) is 2.71. The highest BCUT2D eigenvalue weighted by Gasteiger charge is 2.23. The van der Waals surface area contributed by atoms with Gasteiger partial charge in [0.05, 0.1) is 12.8 Å². The lowest BCUT2D eigenvalue weighted by Gasteiger charge is -2.14. The van der Waals surface area contributed by atoms with Crippen LogP contribution in [0.5, 0.6) is 0 Å². The van der Waals surface area contributed by atoms with Crippen molar-refractivity contribution in [1.82, 2.24) is 24.5 Å². The summed E-state index contributed by atoms with van der Waals surface area (Å²) in [6.07, 6.45) is 1.73. The Labute approximate surface area is 145 Å². The van der Waals surface area contributed by atoms with Gasteiger partial charge >= 0.3 is 5.97 Å². The van der Waals surface area contributed by atoms with E-state index >= 15 is 0 Å². The van der Waals surface area contributed by atoms with Crippen LogP contribution in [0.15, 0.2) is 39.9 Å². The molecule has 0 radical (unpaired) electrons. The Morgan fingerprint density at radius 2 is 2.04 bits per heavy atom. The number of halogens is 1. The number of rotatable bonds is 4. The van der Waals surface area contributed by atoms with Crippen LogP contribution in [0.3, 0.4) is 0 Å². The van der Waals surface area contributed by atoms with Crippen LogP contribution in [-0.4, -0.2) is 37.6 Å². The van der Waals surface area contributed by atoms with Gasteiger partial charge in [0, 0.05) is 4.47 Å². The number of ether oxygens (including phenoxy) is 1. The van der Waals surface area contributed by atoms with E-state index in [2.05, 4.69) is 31.2 Å². The third-order valence-corrected chi connectivity index (χ3v) is 4.18. The van der Waals surface area contributed by atoms with E-state index in [0.717, 1.165) is 10.2 Å². The molecule has 124 valence electrons. The van der Waals surface area contributed by atoms with Crippen LogP contribution in [0.4, 0.5) is 0 Å². The summed E-state index contributed by atoms with van der Waals surface area (Å²) in [7, 11) is 1.28. The number of hydrogen-bond acceptors (Lipinski definition) is 6. The summed E-state index contributed by atoms with van der Waals surface area (Å²) in [6.45, 7) is 1.79. The summed E-state index contributed by atoms with van der Waals surface area (Å²) in [5.74, 6) is -0.499. The predicted octanol–water partition coefficient (Wildman–Crippen LogP) is 1.86. The number of hydrogen-bond donors (Lipinski definition) is 0. The minimum Gasteiger partial charge on any atom is -0.467 e. The van der Waals surface area contributed by atoms with Crippen molar-refractivity contribution < 1.29 is 9.53 Å². The van der Waals surface area contributed by atoms with Crippen LogP contribution in [0.1, 0.15) is 19.4 Å². The normalized spacial score (nSPS) is 12.3. The minimum atomic E-state index is -0.739. The molecule has 0 spiro atoms. The molecule has 24 heavy (non-hydrogen) atoms. The van der Waals surface area contributed by atoms with Gasteiger partial charge < -0.3 is 4.74 Å². The quantitative estimate of drug-likeness (QED) is 0.630. The minimum absolute atomic E-state index is 0.0998. The highest BCUT2D eigenvalue weighted by atomic mass is 79.9. The number of methoxy groups -OCH3 is 1. The molecule has 8 nitrogen and oxygen atoms in total. The van der Waals surface area contributed by atoms with Gasteiger partial charge in [-0.05, 0) is 30.7 Å². The fraction of sp³-hybridized carbons (Fsp3) is 0.267. The molecule has 0 aliphatic heterocycles. The summed E-state index contributed by atoms with van der Waals surface area (Å²) in [5, 5.41) is 7.94. The van der Waals surface area contributed by atoms with Crippen molar-refractivity contribution in [2.75, 3.05) is 7.11 Å². The first-order valence-corrected chi connectivity index (χ1v) is 8.02. The average Bonchev–Trinajstić information content (AvgIpc) is 3.02. The van der Waals surface area contributed by atoms with Gasteiger partial charge in [0.1, 0.15) is 12.4 Å². The second kappa shape index (κ2) is 6.52. The Kier molecular flexibility index (Phi) is 4.43. The van der Waals surface area contributed by atoms with Crippen LogP contribution >= 0.6 is 15.9 Å². The first-order valence-electron chi connectivity index (χ1n) is 7.23. The number of esters is 1. The van der Waals surface area contributed by atoms with E-state index in [0.29, 0.717) is 12.1 Å². The molecule has 0 unspecified atom stereocenters. The molecule has 0 fully saturated rings. The summed E-state index contributed by atoms with van der Waals surface area (Å²) in [4.78, 5) is 28.7. The molecular weight excluding hydrogens is 378 g/mol. The lowest BCUT2D eigenvalue weighted by Crippen LogP contribution is -2.30. The van der Waals surface area contributed by atoms with Gasteiger partial charge in [-0.25, -0.2) is 9.78 Å². The Morgan fingerprint density at radius 3 is 2.67 bits per heavy atom. The van der Waals surface area contributed by atoms with Crippen molar-refractivity contribution in [1.29, 1.82) is 0 Å². The molecular formula is C15H14BrN5O3. The first kappa shape index (κ1) is 16.3. The number of fused-ring (bicyclic) bond motifs is 1. The molecule has 3 aromatic rings. The molecule has 0 aliphatic rings. The smallest absolute Gasteiger partial charge is 0.329 e. The Morgan fingerprint density at radius 1 is 1.33 bits per heavy atom. The SMILES string of the molecule is CC[C@H](C(=O)OC)n1cnc2c(nnn2-c2ccc(Br)cc2)c1=O. The van der Waals surface area contributed by atoms with Gasteiger partial charge in [0.25, 0.3) is 5.56 Å². The van der Waals surface area contributed by atoms with Crippen molar-refractivity contribution >= 4 is 33.1 Å².